The summed E-state index contributed by atoms with van der Waals surface area (Å²) in [5, 5.41) is 12.0. The normalized spacial score (nSPS) is 11.2. The molecule has 0 aliphatic carbocycles. The summed E-state index contributed by atoms with van der Waals surface area (Å²) in [4.78, 5) is 33.3. The van der Waals surface area contributed by atoms with E-state index in [4.69, 9.17) is 4.42 Å². The third kappa shape index (κ3) is 7.54. The summed E-state index contributed by atoms with van der Waals surface area (Å²) >= 11 is 0. The molecule has 0 aliphatic rings. The van der Waals surface area contributed by atoms with Gasteiger partial charge in [0.1, 0.15) is 34.6 Å². The molecular weight excluding hydrogens is 811 g/mol. The maximum atomic E-state index is 13.9. The first-order valence-electron chi connectivity index (χ1n) is 14.0. The molecule has 0 aliphatic heterocycles. The van der Waals surface area contributed by atoms with Gasteiger partial charge < -0.3 is 14.4 Å². The van der Waals surface area contributed by atoms with Crippen molar-refractivity contribution in [1.82, 2.24) is 9.97 Å². The monoisotopic (exact) mass is 830 g/mol. The number of carbonyl (C=O) groups is 1. The second-order valence-corrected chi connectivity index (χ2v) is 10.4. The van der Waals surface area contributed by atoms with Crippen molar-refractivity contribution in [3.63, 3.8) is 0 Å². The average Bonchev–Trinajstić information content (AvgIpc) is 3.04. The number of benzene rings is 4. The first-order valence-corrected chi connectivity index (χ1v) is 14.0. The number of aromatic hydroxyl groups is 1. The Morgan fingerprint density at radius 2 is 1.16 bits per heavy atom. The van der Waals surface area contributed by atoms with Gasteiger partial charge in [0.25, 0.3) is 5.78 Å². The molecule has 1 N–H and O–H groups in total. The topological polar surface area (TPSA) is 96.5 Å². The number of carbonyl (C=O) groups excluding carboxylic acids is 1. The van der Waals surface area contributed by atoms with Gasteiger partial charge in [-0.15, -0.1) is 0 Å². The predicted molar refractivity (Wildman–Crippen MR) is 166 cm³/mol. The van der Waals surface area contributed by atoms with E-state index in [0.29, 0.717) is 12.1 Å². The largest absolute Gasteiger partial charge is 0.506 e. The van der Waals surface area contributed by atoms with E-state index in [1.807, 2.05) is 12.1 Å². The van der Waals surface area contributed by atoms with Crippen LogP contribution in [-0.4, -0.2) is 27.0 Å². The Balaban J connectivity index is 0.000000268. The van der Waals surface area contributed by atoms with E-state index < -0.39 is 63.1 Å². The number of aromatic nitrogens is 2. The van der Waals surface area contributed by atoms with Gasteiger partial charge in [-0.05, 0) is 48.5 Å². The fraction of sp³-hybridized carbons (Fsp3) is 0.0286. The summed E-state index contributed by atoms with van der Waals surface area (Å²) in [6, 6.07) is 19.6. The molecule has 3 heterocycles. The fourth-order valence-electron chi connectivity index (χ4n) is 5.12. The van der Waals surface area contributed by atoms with Gasteiger partial charge in [0.15, 0.2) is 5.56 Å². The van der Waals surface area contributed by atoms with Crippen molar-refractivity contribution in [1.29, 1.82) is 0 Å². The summed E-state index contributed by atoms with van der Waals surface area (Å²) in [5.41, 5.74) is -2.64. The second kappa shape index (κ2) is 14.6. The SMILES string of the molecule is O=C(c1c(O)c2ccc(N(c3cc(F)cc(F)c3)c3cc(F)cc(F)c3)cc2oc1=O)C(F)(F)F.[Eu].c1cnc2c(c1)ccc1cccnc12. The Labute approximate surface area is 317 Å². The third-order valence-electron chi connectivity index (χ3n) is 7.16. The Morgan fingerprint density at radius 3 is 1.62 bits per heavy atom. The molecule has 0 spiro atoms. The van der Waals surface area contributed by atoms with Gasteiger partial charge in [0.05, 0.1) is 27.8 Å². The molecule has 50 heavy (non-hydrogen) atoms. The fourth-order valence-corrected chi connectivity index (χ4v) is 5.12. The number of rotatable bonds is 4. The number of hydrogen-bond acceptors (Lipinski definition) is 7. The summed E-state index contributed by atoms with van der Waals surface area (Å²) in [7, 11) is 0. The predicted octanol–water partition coefficient (Wildman–Crippen LogP) is 9.05. The molecule has 7 rings (SSSR count). The summed E-state index contributed by atoms with van der Waals surface area (Å²) in [6.45, 7) is 0. The Bertz CT molecular complexity index is 2330. The molecule has 3 aromatic heterocycles. The van der Waals surface area contributed by atoms with Crippen LogP contribution in [0.3, 0.4) is 0 Å². The van der Waals surface area contributed by atoms with Crippen molar-refractivity contribution >= 4 is 55.6 Å². The van der Waals surface area contributed by atoms with Crippen LogP contribution >= 0.6 is 0 Å². The molecule has 0 fully saturated rings. The van der Waals surface area contributed by atoms with Gasteiger partial charge in [-0.2, -0.15) is 13.2 Å². The molecule has 0 atom stereocenters. The number of alkyl halides is 3. The van der Waals surface area contributed by atoms with Crippen LogP contribution in [0.25, 0.3) is 32.8 Å². The zero-order valence-corrected chi connectivity index (χ0v) is 27.3. The molecule has 4 aromatic carbocycles. The molecule has 253 valence electrons. The Morgan fingerprint density at radius 1 is 0.680 bits per heavy atom. The molecule has 0 saturated heterocycles. The van der Waals surface area contributed by atoms with Gasteiger partial charge in [0.2, 0.25) is 0 Å². The molecule has 7 aromatic rings. The van der Waals surface area contributed by atoms with E-state index in [1.165, 1.54) is 0 Å². The molecule has 0 saturated carbocycles. The van der Waals surface area contributed by atoms with Gasteiger partial charge >= 0.3 is 11.8 Å². The van der Waals surface area contributed by atoms with Crippen LogP contribution < -0.4 is 10.5 Å². The van der Waals surface area contributed by atoms with Crippen LogP contribution in [-0.2, 0) is 0 Å². The standard InChI is InChI=1S/C23H10F7NO4.C12H8N2.Eu/c24-10-3-11(25)6-15(5-10)31(16-7-12(26)4-13(27)8-16)14-1-2-17-18(9-14)35-22(34)19(20(17)32)21(33)23(28,29)30;1-3-9-5-6-10-4-2-8-14-12(10)11(9)13-7-1;/h1-9,32H;1-8H;. The Kier molecular flexibility index (Phi) is 10.7. The maximum absolute atomic E-state index is 13.9. The Hall–Kier alpha value is -4.73. The molecule has 0 unspecified atom stereocenters. The van der Waals surface area contributed by atoms with Crippen LogP contribution in [0.15, 0.2) is 113 Å². The summed E-state index contributed by atoms with van der Waals surface area (Å²) in [5.74, 6) is -8.08. The number of anilines is 3. The van der Waals surface area contributed by atoms with Crippen LogP contribution in [0, 0.1) is 72.6 Å². The number of ketones is 1. The zero-order chi connectivity index (χ0) is 35.0. The average molecular weight is 829 g/mol. The van der Waals surface area contributed by atoms with Crippen molar-refractivity contribution in [2.75, 3.05) is 4.90 Å². The number of halogens is 7. The maximum Gasteiger partial charge on any atom is 0.455 e. The van der Waals surface area contributed by atoms with E-state index in [0.717, 1.165) is 69.2 Å². The number of nitrogens with zero attached hydrogens (tertiary/aromatic N) is 3. The summed E-state index contributed by atoms with van der Waals surface area (Å²) < 4.78 is 98.9. The van der Waals surface area contributed by atoms with E-state index in [1.54, 1.807) is 12.4 Å². The van der Waals surface area contributed by atoms with Crippen LogP contribution in [0.2, 0.25) is 0 Å². The molecule has 15 heteroatoms. The molecule has 1 radical (unpaired) electrons. The van der Waals surface area contributed by atoms with Crippen molar-refractivity contribution in [2.24, 2.45) is 0 Å². The first-order chi connectivity index (χ1) is 23.3. The van der Waals surface area contributed by atoms with Crippen LogP contribution in [0.1, 0.15) is 10.4 Å². The van der Waals surface area contributed by atoms with Crippen molar-refractivity contribution in [2.45, 2.75) is 6.18 Å². The van der Waals surface area contributed by atoms with Crippen molar-refractivity contribution in [3.05, 3.63) is 143 Å². The smallest absolute Gasteiger partial charge is 0.455 e. The molecule has 7 nitrogen and oxygen atoms in total. The first kappa shape index (κ1) is 36.6. The van der Waals surface area contributed by atoms with E-state index >= 15 is 0 Å². The number of pyridine rings is 2. The molecule has 0 bridgehead atoms. The van der Waals surface area contributed by atoms with E-state index in [2.05, 4.69) is 34.2 Å². The molecule has 0 amide bonds. The quantitative estimate of drug-likeness (QED) is 0.0819. The zero-order valence-electron chi connectivity index (χ0n) is 24.9. The minimum Gasteiger partial charge on any atom is -0.506 e. The molecular formula is C35H18EuF7N3O4. The van der Waals surface area contributed by atoms with E-state index in [-0.39, 0.29) is 66.4 Å². The van der Waals surface area contributed by atoms with Gasteiger partial charge in [0, 0.05) is 96.4 Å². The van der Waals surface area contributed by atoms with E-state index in [9.17, 15) is 45.4 Å². The minimum absolute atomic E-state index is 0. The van der Waals surface area contributed by atoms with Crippen LogP contribution in [0.5, 0.6) is 5.75 Å². The van der Waals surface area contributed by atoms with Crippen LogP contribution in [0.4, 0.5) is 47.8 Å². The number of hydrogen-bond donors (Lipinski definition) is 1. The number of fused-ring (bicyclic) bond motifs is 4. The van der Waals surface area contributed by atoms with Gasteiger partial charge in [-0.1, -0.05) is 24.3 Å². The second-order valence-electron chi connectivity index (χ2n) is 10.4. The summed E-state index contributed by atoms with van der Waals surface area (Å²) in [6.07, 6.45) is -1.87. The third-order valence-corrected chi connectivity index (χ3v) is 7.16. The number of Topliss-reactive ketones (excluding diaryl/α,β-unsaturated/α-hetero) is 1. The van der Waals surface area contributed by atoms with Crippen molar-refractivity contribution in [3.8, 4) is 5.75 Å². The van der Waals surface area contributed by atoms with Crippen molar-refractivity contribution < 1.29 is 94.4 Å². The van der Waals surface area contributed by atoms with Gasteiger partial charge in [-0.3, -0.25) is 14.8 Å². The van der Waals surface area contributed by atoms with Gasteiger partial charge in [-0.25, -0.2) is 22.4 Å². The minimum atomic E-state index is -5.47.